The molecule has 4 N–H and O–H groups in total. The van der Waals surface area contributed by atoms with Crippen molar-refractivity contribution in [1.29, 1.82) is 0 Å². The smallest absolute Gasteiger partial charge is 0.321 e. The number of hydrogen-bond acceptors (Lipinski definition) is 5. The normalized spacial score (nSPS) is 10.9. The summed E-state index contributed by atoms with van der Waals surface area (Å²) >= 11 is 1.19. The fourth-order valence-electron chi connectivity index (χ4n) is 1.19. The third kappa shape index (κ3) is 6.10. The molecule has 1 rings (SSSR count). The molecular formula is C12H18N4O2S. The number of hydrogen-bond donors (Lipinski definition) is 3. The molecule has 0 radical (unpaired) electrons. The molecule has 0 aliphatic carbocycles. The number of carbonyl (C=O) groups is 2. The molecule has 1 heterocycles. The summed E-state index contributed by atoms with van der Waals surface area (Å²) in [5.74, 6) is -0.310. The number of thioether (sulfide) groups is 1. The molecule has 3 amide bonds. The van der Waals surface area contributed by atoms with Crippen molar-refractivity contribution in [2.45, 2.75) is 31.3 Å². The van der Waals surface area contributed by atoms with Crippen molar-refractivity contribution < 1.29 is 9.59 Å². The van der Waals surface area contributed by atoms with Crippen molar-refractivity contribution in [2.24, 2.45) is 0 Å². The fourth-order valence-corrected chi connectivity index (χ4v) is 1.90. The average Bonchev–Trinajstić information content (AvgIpc) is 2.25. The van der Waals surface area contributed by atoms with Crippen molar-refractivity contribution in [3.8, 4) is 0 Å². The third-order valence-electron chi connectivity index (χ3n) is 1.88. The van der Waals surface area contributed by atoms with E-state index >= 15 is 0 Å². The highest BCUT2D eigenvalue weighted by Crippen LogP contribution is 2.20. The molecule has 19 heavy (non-hydrogen) atoms. The number of urea groups is 1. The van der Waals surface area contributed by atoms with Gasteiger partial charge >= 0.3 is 6.03 Å². The summed E-state index contributed by atoms with van der Waals surface area (Å²) in [4.78, 5) is 27.1. The Labute approximate surface area is 116 Å². The van der Waals surface area contributed by atoms with E-state index in [9.17, 15) is 9.59 Å². The molecule has 0 aliphatic rings. The molecule has 0 atom stereocenters. The van der Waals surface area contributed by atoms with Gasteiger partial charge in [0.05, 0.1) is 11.4 Å². The largest absolute Gasteiger partial charge is 0.397 e. The summed E-state index contributed by atoms with van der Waals surface area (Å²) in [5.41, 5.74) is 5.82. The molecule has 0 saturated carbocycles. The topological polar surface area (TPSA) is 97.1 Å². The zero-order valence-corrected chi connectivity index (χ0v) is 12.0. The Bertz CT molecular complexity index is 471. The number of pyridine rings is 1. The number of rotatable bonds is 3. The molecule has 0 spiro atoms. The van der Waals surface area contributed by atoms with Crippen molar-refractivity contribution in [2.75, 3.05) is 11.5 Å². The number of anilines is 1. The first-order valence-corrected chi connectivity index (χ1v) is 6.72. The number of imide groups is 1. The minimum atomic E-state index is -0.507. The van der Waals surface area contributed by atoms with Gasteiger partial charge in [-0.2, -0.15) is 0 Å². The molecular weight excluding hydrogens is 264 g/mol. The summed E-state index contributed by atoms with van der Waals surface area (Å²) in [6.45, 7) is 5.50. The van der Waals surface area contributed by atoms with Crippen LogP contribution in [0.1, 0.15) is 20.8 Å². The first-order valence-electron chi connectivity index (χ1n) is 5.73. The van der Waals surface area contributed by atoms with Gasteiger partial charge in [0, 0.05) is 11.7 Å². The molecule has 1 aromatic heterocycles. The number of carbonyl (C=O) groups excluding carboxylic acids is 2. The molecule has 0 saturated heterocycles. The van der Waals surface area contributed by atoms with Gasteiger partial charge < -0.3 is 11.1 Å². The Morgan fingerprint density at radius 1 is 1.42 bits per heavy atom. The van der Waals surface area contributed by atoms with Crippen LogP contribution in [0.3, 0.4) is 0 Å². The highest BCUT2D eigenvalue weighted by molar-refractivity contribution is 8.00. The van der Waals surface area contributed by atoms with E-state index in [4.69, 9.17) is 5.73 Å². The highest BCUT2D eigenvalue weighted by Gasteiger charge is 2.15. The lowest BCUT2D eigenvalue weighted by Gasteiger charge is -2.20. The van der Waals surface area contributed by atoms with E-state index in [1.165, 1.54) is 11.8 Å². The van der Waals surface area contributed by atoms with Gasteiger partial charge in [-0.15, -0.1) is 0 Å². The zero-order chi connectivity index (χ0) is 14.5. The van der Waals surface area contributed by atoms with E-state index in [0.29, 0.717) is 10.7 Å². The van der Waals surface area contributed by atoms with Crippen LogP contribution in [0.2, 0.25) is 0 Å². The van der Waals surface area contributed by atoms with Gasteiger partial charge in [-0.25, -0.2) is 9.78 Å². The lowest BCUT2D eigenvalue weighted by Crippen LogP contribution is -2.48. The number of nitrogens with two attached hydrogens (primary N) is 1. The quantitative estimate of drug-likeness (QED) is 0.728. The Hall–Kier alpha value is -1.76. The summed E-state index contributed by atoms with van der Waals surface area (Å²) < 4.78 is 0. The molecule has 0 aromatic carbocycles. The van der Waals surface area contributed by atoms with Crippen LogP contribution in [0.4, 0.5) is 10.5 Å². The Morgan fingerprint density at radius 3 is 2.68 bits per heavy atom. The molecule has 7 heteroatoms. The number of amides is 3. The first-order chi connectivity index (χ1) is 8.78. The van der Waals surface area contributed by atoms with Crippen molar-refractivity contribution in [1.82, 2.24) is 15.6 Å². The second-order valence-corrected chi connectivity index (χ2v) is 5.90. The number of nitrogens with zero attached hydrogens (tertiary/aromatic N) is 1. The maximum atomic E-state index is 11.6. The van der Waals surface area contributed by atoms with Gasteiger partial charge in [-0.05, 0) is 32.9 Å². The summed E-state index contributed by atoms with van der Waals surface area (Å²) in [5, 5.41) is 5.46. The van der Waals surface area contributed by atoms with E-state index in [1.807, 2.05) is 20.8 Å². The number of aromatic nitrogens is 1. The fraction of sp³-hybridized carbons (Fsp3) is 0.417. The van der Waals surface area contributed by atoms with Gasteiger partial charge in [0.2, 0.25) is 5.91 Å². The maximum absolute atomic E-state index is 11.6. The molecule has 0 fully saturated rings. The standard InChI is InChI=1S/C12H18N4O2S/c1-12(2,3)16-11(18)15-9(17)7-19-10-8(13)5-4-6-14-10/h4-6H,7,13H2,1-3H3,(H2,15,16,17,18). The summed E-state index contributed by atoms with van der Waals surface area (Å²) in [6.07, 6.45) is 1.60. The van der Waals surface area contributed by atoms with Crippen LogP contribution in [0.15, 0.2) is 23.4 Å². The van der Waals surface area contributed by atoms with Crippen LogP contribution >= 0.6 is 11.8 Å². The first kappa shape index (κ1) is 15.3. The lowest BCUT2D eigenvalue weighted by molar-refractivity contribution is -0.117. The molecule has 104 valence electrons. The maximum Gasteiger partial charge on any atom is 0.321 e. The summed E-state index contributed by atoms with van der Waals surface area (Å²) in [7, 11) is 0. The molecule has 0 aliphatic heterocycles. The van der Waals surface area contributed by atoms with Gasteiger partial charge in [-0.1, -0.05) is 11.8 Å². The lowest BCUT2D eigenvalue weighted by atomic mass is 10.1. The van der Waals surface area contributed by atoms with Crippen LogP contribution in [0, 0.1) is 0 Å². The van der Waals surface area contributed by atoms with Gasteiger partial charge in [0.15, 0.2) is 0 Å². The second-order valence-electron chi connectivity index (χ2n) is 4.94. The van der Waals surface area contributed by atoms with E-state index in [0.717, 1.165) is 0 Å². The van der Waals surface area contributed by atoms with Gasteiger partial charge in [-0.3, -0.25) is 10.1 Å². The molecule has 6 nitrogen and oxygen atoms in total. The van der Waals surface area contributed by atoms with Crippen LogP contribution in [-0.2, 0) is 4.79 Å². The van der Waals surface area contributed by atoms with Crippen LogP contribution in [0.25, 0.3) is 0 Å². The minimum Gasteiger partial charge on any atom is -0.397 e. The van der Waals surface area contributed by atoms with E-state index in [2.05, 4.69) is 15.6 Å². The van der Waals surface area contributed by atoms with E-state index in [1.54, 1.807) is 18.3 Å². The SMILES string of the molecule is CC(C)(C)NC(=O)NC(=O)CSc1ncccc1N. The van der Waals surface area contributed by atoms with Crippen LogP contribution < -0.4 is 16.4 Å². The Morgan fingerprint density at radius 2 is 2.11 bits per heavy atom. The molecule has 1 aromatic rings. The number of nitrogen functional groups attached to an aromatic ring is 1. The Kier molecular flexibility index (Phi) is 5.17. The van der Waals surface area contributed by atoms with Gasteiger partial charge in [0.1, 0.15) is 5.03 Å². The molecule has 0 unspecified atom stereocenters. The monoisotopic (exact) mass is 282 g/mol. The zero-order valence-electron chi connectivity index (χ0n) is 11.2. The van der Waals surface area contributed by atoms with Gasteiger partial charge in [0.25, 0.3) is 0 Å². The van der Waals surface area contributed by atoms with Crippen molar-refractivity contribution >= 4 is 29.4 Å². The summed E-state index contributed by atoms with van der Waals surface area (Å²) in [6, 6.07) is 2.92. The number of nitrogens with one attached hydrogen (secondary N) is 2. The Balaban J connectivity index is 2.40. The highest BCUT2D eigenvalue weighted by atomic mass is 32.2. The van der Waals surface area contributed by atoms with E-state index in [-0.39, 0.29) is 11.3 Å². The third-order valence-corrected chi connectivity index (χ3v) is 2.90. The predicted octanol–water partition coefficient (Wildman–Crippen LogP) is 1.38. The second kappa shape index (κ2) is 6.42. The van der Waals surface area contributed by atoms with Crippen LogP contribution in [-0.4, -0.2) is 28.2 Å². The van der Waals surface area contributed by atoms with Crippen molar-refractivity contribution in [3.63, 3.8) is 0 Å². The van der Waals surface area contributed by atoms with Crippen molar-refractivity contribution in [3.05, 3.63) is 18.3 Å². The molecule has 0 bridgehead atoms. The van der Waals surface area contributed by atoms with Crippen LogP contribution in [0.5, 0.6) is 0 Å². The predicted molar refractivity (Wildman–Crippen MR) is 75.8 cm³/mol. The minimum absolute atomic E-state index is 0.0821. The van der Waals surface area contributed by atoms with E-state index < -0.39 is 11.9 Å². The average molecular weight is 282 g/mol.